The van der Waals surface area contributed by atoms with Crippen LogP contribution in [0.15, 0.2) is 36.8 Å². The number of aliphatic hydroxyl groups excluding tert-OH is 2. The van der Waals surface area contributed by atoms with Gasteiger partial charge < -0.3 is 14.6 Å². The molecule has 0 radical (unpaired) electrons. The van der Waals surface area contributed by atoms with E-state index in [2.05, 4.69) is 9.71 Å². The maximum absolute atomic E-state index is 14.6. The van der Waals surface area contributed by atoms with Gasteiger partial charge in [0, 0.05) is 28.6 Å². The molecule has 7 nitrogen and oxygen atoms in total. The highest BCUT2D eigenvalue weighted by molar-refractivity contribution is 14.1. The molecule has 1 fully saturated rings. The molecule has 166 valence electrons. The molecule has 2 aromatic heterocycles. The number of imidazole rings is 1. The summed E-state index contributed by atoms with van der Waals surface area (Å²) in [5, 5.41) is 19.0. The number of nitrogens with one attached hydrogen (secondary N) is 1. The summed E-state index contributed by atoms with van der Waals surface area (Å²) in [4.78, 5) is 4.34. The highest BCUT2D eigenvalue weighted by atomic mass is 127. The van der Waals surface area contributed by atoms with E-state index < -0.39 is 27.5 Å². The number of nitrogens with zero attached hydrogens (tertiary/aromatic N) is 2. The van der Waals surface area contributed by atoms with E-state index in [9.17, 15) is 17.9 Å². The number of aromatic nitrogens is 2. The topological polar surface area (TPSA) is 104 Å². The molecule has 0 amide bonds. The summed E-state index contributed by atoms with van der Waals surface area (Å²) in [7, 11) is -3.86. The van der Waals surface area contributed by atoms with Crippen LogP contribution in [0.2, 0.25) is 0 Å². The van der Waals surface area contributed by atoms with Gasteiger partial charge in [-0.25, -0.2) is 17.8 Å². The quantitative estimate of drug-likeness (QED) is 0.369. The molecule has 0 spiro atoms. The number of benzene rings is 1. The van der Waals surface area contributed by atoms with Crippen molar-refractivity contribution in [2.75, 3.05) is 11.3 Å². The molecule has 1 saturated carbocycles. The first-order valence-corrected chi connectivity index (χ1v) is 12.4. The SMILES string of the molecule is Cc1c(Cc2ccc(I)cc2F)c(NS(=O)(=O)C2(CC(O)CO)CC2)cn2ccnc12. The van der Waals surface area contributed by atoms with Crippen LogP contribution in [0.25, 0.3) is 5.65 Å². The van der Waals surface area contributed by atoms with E-state index >= 15 is 0 Å². The Morgan fingerprint density at radius 2 is 2.13 bits per heavy atom. The molecule has 0 saturated heterocycles. The van der Waals surface area contributed by atoms with Gasteiger partial charge in [0.15, 0.2) is 0 Å². The first-order valence-electron chi connectivity index (χ1n) is 9.86. The Balaban J connectivity index is 1.76. The second kappa shape index (κ2) is 8.30. The summed E-state index contributed by atoms with van der Waals surface area (Å²) >= 11 is 2.04. The molecule has 1 aliphatic rings. The Morgan fingerprint density at radius 3 is 2.77 bits per heavy atom. The minimum absolute atomic E-state index is 0.0355. The Morgan fingerprint density at radius 1 is 1.39 bits per heavy atom. The van der Waals surface area contributed by atoms with Crippen molar-refractivity contribution >= 4 is 43.9 Å². The van der Waals surface area contributed by atoms with Gasteiger partial charge in [-0.05, 0) is 77.6 Å². The number of hydrogen-bond donors (Lipinski definition) is 3. The molecule has 1 aliphatic carbocycles. The van der Waals surface area contributed by atoms with Crippen molar-refractivity contribution in [2.45, 2.75) is 43.5 Å². The van der Waals surface area contributed by atoms with E-state index in [4.69, 9.17) is 5.11 Å². The fourth-order valence-electron chi connectivity index (χ4n) is 3.90. The van der Waals surface area contributed by atoms with Crippen molar-refractivity contribution in [2.24, 2.45) is 0 Å². The van der Waals surface area contributed by atoms with Crippen LogP contribution < -0.4 is 4.72 Å². The van der Waals surface area contributed by atoms with Crippen molar-refractivity contribution in [1.82, 2.24) is 9.38 Å². The van der Waals surface area contributed by atoms with Gasteiger partial charge >= 0.3 is 0 Å². The maximum Gasteiger partial charge on any atom is 0.238 e. The van der Waals surface area contributed by atoms with E-state index in [1.54, 1.807) is 29.1 Å². The monoisotopic (exact) mass is 559 g/mol. The van der Waals surface area contributed by atoms with Crippen molar-refractivity contribution < 1.29 is 23.0 Å². The van der Waals surface area contributed by atoms with Crippen LogP contribution in [0.4, 0.5) is 10.1 Å². The summed E-state index contributed by atoms with van der Waals surface area (Å²) in [5.41, 5.74) is 2.87. The molecule has 10 heteroatoms. The van der Waals surface area contributed by atoms with Gasteiger partial charge in [-0.2, -0.15) is 0 Å². The molecule has 0 aliphatic heterocycles. The van der Waals surface area contributed by atoms with E-state index in [0.717, 1.165) is 9.13 Å². The Hall–Kier alpha value is -1.76. The zero-order valence-corrected chi connectivity index (χ0v) is 19.8. The fourth-order valence-corrected chi connectivity index (χ4v) is 6.09. The number of fused-ring (bicyclic) bond motifs is 1. The molecule has 3 aromatic rings. The molecular weight excluding hydrogens is 536 g/mol. The van der Waals surface area contributed by atoms with Gasteiger partial charge in [0.05, 0.1) is 23.1 Å². The van der Waals surface area contributed by atoms with Crippen LogP contribution in [0.1, 0.15) is 36.0 Å². The van der Waals surface area contributed by atoms with Gasteiger partial charge in [0.25, 0.3) is 0 Å². The van der Waals surface area contributed by atoms with Crippen molar-refractivity contribution in [3.8, 4) is 0 Å². The Labute approximate surface area is 193 Å². The van der Waals surface area contributed by atoms with Gasteiger partial charge in [0.2, 0.25) is 10.0 Å². The number of anilines is 1. The summed E-state index contributed by atoms with van der Waals surface area (Å²) in [6.07, 6.45) is 4.87. The first-order chi connectivity index (χ1) is 14.7. The lowest BCUT2D eigenvalue weighted by Gasteiger charge is -2.22. The smallest absolute Gasteiger partial charge is 0.238 e. The third kappa shape index (κ3) is 4.30. The first kappa shape index (κ1) is 22.4. The van der Waals surface area contributed by atoms with Gasteiger partial charge in [-0.1, -0.05) is 6.07 Å². The third-order valence-electron chi connectivity index (χ3n) is 5.87. The molecule has 2 heterocycles. The highest BCUT2D eigenvalue weighted by Crippen LogP contribution is 2.48. The number of sulfonamides is 1. The second-order valence-electron chi connectivity index (χ2n) is 8.05. The average molecular weight is 559 g/mol. The number of aliphatic hydroxyl groups is 2. The molecule has 1 atom stereocenters. The van der Waals surface area contributed by atoms with Crippen LogP contribution in [0.5, 0.6) is 0 Å². The van der Waals surface area contributed by atoms with E-state index in [-0.39, 0.29) is 18.7 Å². The fraction of sp³-hybridized carbons (Fsp3) is 0.381. The van der Waals surface area contributed by atoms with Crippen molar-refractivity contribution in [1.29, 1.82) is 0 Å². The summed E-state index contributed by atoms with van der Waals surface area (Å²) < 4.78 is 45.1. The van der Waals surface area contributed by atoms with E-state index in [0.29, 0.717) is 35.3 Å². The predicted octanol–water partition coefficient (Wildman–Crippen LogP) is 2.99. The van der Waals surface area contributed by atoms with Crippen LogP contribution in [-0.2, 0) is 16.4 Å². The molecular formula is C21H23FIN3O4S. The van der Waals surface area contributed by atoms with E-state index in [1.165, 1.54) is 6.07 Å². The predicted molar refractivity (Wildman–Crippen MR) is 124 cm³/mol. The van der Waals surface area contributed by atoms with Crippen LogP contribution in [-0.4, -0.2) is 45.5 Å². The summed E-state index contributed by atoms with van der Waals surface area (Å²) in [5.74, 6) is -0.354. The summed E-state index contributed by atoms with van der Waals surface area (Å²) in [6, 6.07) is 4.95. The lowest BCUT2D eigenvalue weighted by Crippen LogP contribution is -2.34. The zero-order chi connectivity index (χ0) is 22.4. The third-order valence-corrected chi connectivity index (χ3v) is 8.75. The molecule has 3 N–H and O–H groups in total. The van der Waals surface area contributed by atoms with Crippen LogP contribution in [0, 0.1) is 16.3 Å². The van der Waals surface area contributed by atoms with Gasteiger partial charge in [-0.15, -0.1) is 0 Å². The Bertz CT molecular complexity index is 1240. The standard InChI is InChI=1S/C21H23FIN3O4S/c1-13-17(8-14-2-3-15(23)9-18(14)22)19(11-26-7-6-24-20(13)26)25-31(29,30)21(4-5-21)10-16(28)12-27/h2-3,6-7,9,11,16,25,27-28H,4-5,8,10,12H2,1H3. The molecule has 4 rings (SSSR count). The lowest BCUT2D eigenvalue weighted by molar-refractivity contribution is 0.0858. The molecule has 0 bridgehead atoms. The van der Waals surface area contributed by atoms with Gasteiger partial charge in [0.1, 0.15) is 11.5 Å². The lowest BCUT2D eigenvalue weighted by atomic mass is 10.00. The molecule has 1 unspecified atom stereocenters. The zero-order valence-electron chi connectivity index (χ0n) is 16.8. The number of halogens is 2. The van der Waals surface area contributed by atoms with Crippen molar-refractivity contribution in [3.05, 3.63) is 62.9 Å². The molecule has 31 heavy (non-hydrogen) atoms. The number of hydrogen-bond acceptors (Lipinski definition) is 5. The van der Waals surface area contributed by atoms with Crippen molar-refractivity contribution in [3.63, 3.8) is 0 Å². The van der Waals surface area contributed by atoms with Crippen LogP contribution in [0.3, 0.4) is 0 Å². The number of pyridine rings is 1. The van der Waals surface area contributed by atoms with Crippen LogP contribution >= 0.6 is 22.6 Å². The maximum atomic E-state index is 14.6. The number of aryl methyl sites for hydroxylation is 1. The normalized spacial score (nSPS) is 16.4. The number of rotatable bonds is 8. The summed E-state index contributed by atoms with van der Waals surface area (Å²) in [6.45, 7) is 1.34. The van der Waals surface area contributed by atoms with E-state index in [1.807, 2.05) is 35.6 Å². The molecule has 1 aromatic carbocycles. The van der Waals surface area contributed by atoms with Gasteiger partial charge in [-0.3, -0.25) is 4.72 Å². The minimum atomic E-state index is -3.86. The highest BCUT2D eigenvalue weighted by Gasteiger charge is 2.55. The Kier molecular flexibility index (Phi) is 6.01. The largest absolute Gasteiger partial charge is 0.394 e. The minimum Gasteiger partial charge on any atom is -0.394 e. The average Bonchev–Trinajstić information content (AvgIpc) is 3.35. The second-order valence-corrected chi connectivity index (χ2v) is 11.4.